The lowest BCUT2D eigenvalue weighted by atomic mass is 10.1. The molecule has 0 fully saturated rings. The zero-order chi connectivity index (χ0) is 14.9. The smallest absolute Gasteiger partial charge is 0.290 e. The lowest BCUT2D eigenvalue weighted by molar-refractivity contribution is 0.500. The molecule has 0 saturated heterocycles. The first-order valence-corrected chi connectivity index (χ1v) is 6.99. The molecule has 4 nitrogen and oxygen atoms in total. The van der Waals surface area contributed by atoms with Crippen LogP contribution in [0, 0.1) is 12.8 Å². The highest BCUT2D eigenvalue weighted by atomic mass is 16.1. The Hall–Kier alpha value is -1.97. The molecule has 1 aromatic heterocycles. The zero-order valence-corrected chi connectivity index (χ0v) is 12.7. The summed E-state index contributed by atoms with van der Waals surface area (Å²) in [6.07, 6.45) is 0.818. The Morgan fingerprint density at radius 1 is 1.20 bits per heavy atom. The average molecular weight is 273 g/mol. The van der Waals surface area contributed by atoms with Crippen molar-refractivity contribution in [2.24, 2.45) is 13.0 Å². The van der Waals surface area contributed by atoms with E-state index in [0.717, 1.165) is 17.7 Å². The van der Waals surface area contributed by atoms with Gasteiger partial charge in [0.15, 0.2) is 0 Å². The quantitative estimate of drug-likeness (QED) is 0.929. The van der Waals surface area contributed by atoms with Crippen LogP contribution >= 0.6 is 0 Å². The molecule has 0 spiro atoms. The summed E-state index contributed by atoms with van der Waals surface area (Å²) < 4.78 is 3.61. The minimum absolute atomic E-state index is 0.0938. The summed E-state index contributed by atoms with van der Waals surface area (Å²) in [5.41, 5.74) is 9.51. The Morgan fingerprint density at radius 3 is 2.35 bits per heavy atom. The van der Waals surface area contributed by atoms with Gasteiger partial charge < -0.3 is 5.73 Å². The minimum atomic E-state index is -0.0938. The molecule has 0 unspecified atom stereocenters. The maximum Gasteiger partial charge on any atom is 0.290 e. The summed E-state index contributed by atoms with van der Waals surface area (Å²) in [5, 5.41) is 0. The monoisotopic (exact) mass is 273 g/mol. The Bertz CT molecular complexity index is 648. The van der Waals surface area contributed by atoms with Crippen molar-refractivity contribution in [2.75, 3.05) is 5.73 Å². The number of nitrogens with zero attached hydrogens (tertiary/aromatic N) is 2. The van der Waals surface area contributed by atoms with Crippen molar-refractivity contribution in [1.82, 2.24) is 9.36 Å². The molecule has 0 aliphatic rings. The Balaban J connectivity index is 2.37. The van der Waals surface area contributed by atoms with E-state index in [2.05, 4.69) is 32.9 Å². The topological polar surface area (TPSA) is 52.9 Å². The van der Waals surface area contributed by atoms with Crippen LogP contribution in [0.15, 0.2) is 29.1 Å². The van der Waals surface area contributed by atoms with Crippen molar-refractivity contribution in [1.29, 1.82) is 0 Å². The van der Waals surface area contributed by atoms with Crippen molar-refractivity contribution in [3.63, 3.8) is 0 Å². The third-order valence-electron chi connectivity index (χ3n) is 3.58. The van der Waals surface area contributed by atoms with Gasteiger partial charge >= 0.3 is 0 Å². The number of hydrogen-bond donors (Lipinski definition) is 1. The zero-order valence-electron chi connectivity index (χ0n) is 12.7. The number of nitrogen functional groups attached to an aromatic ring is 1. The molecular formula is C16H23N3O. The van der Waals surface area contributed by atoms with Crippen LogP contribution in [0.1, 0.15) is 30.7 Å². The number of hydrogen-bond acceptors (Lipinski definition) is 2. The van der Waals surface area contributed by atoms with E-state index in [1.54, 1.807) is 4.68 Å². The van der Waals surface area contributed by atoms with Gasteiger partial charge in [-0.05, 0) is 24.8 Å². The lowest BCUT2D eigenvalue weighted by Crippen LogP contribution is -2.23. The predicted molar refractivity (Wildman–Crippen MR) is 82.9 cm³/mol. The molecule has 108 valence electrons. The average Bonchev–Trinajstić information content (AvgIpc) is 2.58. The molecule has 2 N–H and O–H groups in total. The highest BCUT2D eigenvalue weighted by Crippen LogP contribution is 2.14. The fourth-order valence-electron chi connectivity index (χ4n) is 2.39. The molecule has 20 heavy (non-hydrogen) atoms. The van der Waals surface area contributed by atoms with E-state index >= 15 is 0 Å². The van der Waals surface area contributed by atoms with Gasteiger partial charge in [-0.2, -0.15) is 0 Å². The van der Waals surface area contributed by atoms with Crippen molar-refractivity contribution in [2.45, 2.75) is 33.7 Å². The maximum atomic E-state index is 12.3. The summed E-state index contributed by atoms with van der Waals surface area (Å²) in [4.78, 5) is 12.3. The first kappa shape index (κ1) is 14.4. The van der Waals surface area contributed by atoms with E-state index in [1.165, 1.54) is 5.56 Å². The van der Waals surface area contributed by atoms with Gasteiger partial charge in [0.1, 0.15) is 5.69 Å². The van der Waals surface area contributed by atoms with Crippen molar-refractivity contribution in [3.8, 4) is 0 Å². The summed E-state index contributed by atoms with van der Waals surface area (Å²) in [6, 6.07) is 8.21. The van der Waals surface area contributed by atoms with Gasteiger partial charge in [0, 0.05) is 7.05 Å². The SMILES string of the molecule is Cc1ccc(Cn2c(=O)c(N)c(CC(C)C)n2C)cc1. The van der Waals surface area contributed by atoms with Crippen LogP contribution in [0.4, 0.5) is 5.69 Å². The van der Waals surface area contributed by atoms with E-state index in [-0.39, 0.29) is 5.56 Å². The predicted octanol–water partition coefficient (Wildman–Crippen LogP) is 2.32. The molecule has 0 radical (unpaired) electrons. The minimum Gasteiger partial charge on any atom is -0.393 e. The molecule has 0 bridgehead atoms. The van der Waals surface area contributed by atoms with E-state index in [4.69, 9.17) is 5.73 Å². The van der Waals surface area contributed by atoms with E-state index in [0.29, 0.717) is 18.2 Å². The van der Waals surface area contributed by atoms with Gasteiger partial charge in [0.05, 0.1) is 12.2 Å². The van der Waals surface area contributed by atoms with Crippen molar-refractivity contribution < 1.29 is 0 Å². The fraction of sp³-hybridized carbons (Fsp3) is 0.438. The summed E-state index contributed by atoms with van der Waals surface area (Å²) in [6.45, 7) is 6.86. The molecule has 2 aromatic rings. The first-order valence-electron chi connectivity index (χ1n) is 6.99. The maximum absolute atomic E-state index is 12.3. The van der Waals surface area contributed by atoms with Gasteiger partial charge in [-0.15, -0.1) is 0 Å². The largest absolute Gasteiger partial charge is 0.393 e. The van der Waals surface area contributed by atoms with Crippen LogP contribution in [0.3, 0.4) is 0 Å². The highest BCUT2D eigenvalue weighted by Gasteiger charge is 2.16. The number of rotatable bonds is 4. The number of aryl methyl sites for hydroxylation is 1. The molecule has 1 aromatic carbocycles. The van der Waals surface area contributed by atoms with Gasteiger partial charge in [-0.1, -0.05) is 43.7 Å². The van der Waals surface area contributed by atoms with Crippen LogP contribution in [0.2, 0.25) is 0 Å². The molecule has 0 saturated carbocycles. The summed E-state index contributed by atoms with van der Waals surface area (Å²) >= 11 is 0. The normalized spacial score (nSPS) is 11.2. The molecule has 0 amide bonds. The second-order valence-corrected chi connectivity index (χ2v) is 5.83. The van der Waals surface area contributed by atoms with E-state index < -0.39 is 0 Å². The number of nitrogens with two attached hydrogens (primary N) is 1. The Labute approximate surface area is 119 Å². The molecule has 0 aliphatic carbocycles. The third kappa shape index (κ3) is 2.79. The molecule has 1 heterocycles. The van der Waals surface area contributed by atoms with Gasteiger partial charge in [-0.3, -0.25) is 9.48 Å². The third-order valence-corrected chi connectivity index (χ3v) is 3.58. The molecular weight excluding hydrogens is 250 g/mol. The van der Waals surface area contributed by atoms with Crippen molar-refractivity contribution in [3.05, 3.63) is 51.4 Å². The number of benzene rings is 1. The van der Waals surface area contributed by atoms with Gasteiger partial charge in [0.2, 0.25) is 0 Å². The second kappa shape index (κ2) is 5.57. The standard InChI is InChI=1S/C16H23N3O/c1-11(2)9-14-15(17)16(20)19(18(14)4)10-13-7-5-12(3)6-8-13/h5-8,11H,9-10,17H2,1-4H3. The highest BCUT2D eigenvalue weighted by molar-refractivity contribution is 5.42. The van der Waals surface area contributed by atoms with Crippen LogP contribution < -0.4 is 11.3 Å². The summed E-state index contributed by atoms with van der Waals surface area (Å²) in [7, 11) is 1.91. The fourth-order valence-corrected chi connectivity index (χ4v) is 2.39. The van der Waals surface area contributed by atoms with Gasteiger partial charge in [0.25, 0.3) is 5.56 Å². The molecule has 0 atom stereocenters. The van der Waals surface area contributed by atoms with Crippen LogP contribution in [0.25, 0.3) is 0 Å². The van der Waals surface area contributed by atoms with Crippen LogP contribution in [-0.4, -0.2) is 9.36 Å². The molecule has 2 rings (SSSR count). The van der Waals surface area contributed by atoms with Crippen LogP contribution in [-0.2, 0) is 20.0 Å². The number of aromatic nitrogens is 2. The first-order chi connectivity index (χ1) is 9.40. The second-order valence-electron chi connectivity index (χ2n) is 5.83. The van der Waals surface area contributed by atoms with E-state index in [1.807, 2.05) is 23.9 Å². The summed E-state index contributed by atoms with van der Waals surface area (Å²) in [5.74, 6) is 0.470. The van der Waals surface area contributed by atoms with Crippen LogP contribution in [0.5, 0.6) is 0 Å². The van der Waals surface area contributed by atoms with E-state index in [9.17, 15) is 4.79 Å². The van der Waals surface area contributed by atoms with Gasteiger partial charge in [-0.25, -0.2) is 4.68 Å². The number of anilines is 1. The Morgan fingerprint density at radius 2 is 1.80 bits per heavy atom. The molecule has 4 heteroatoms. The Kier molecular flexibility index (Phi) is 4.02. The molecule has 0 aliphatic heterocycles. The lowest BCUT2D eigenvalue weighted by Gasteiger charge is -2.11. The van der Waals surface area contributed by atoms with Crippen molar-refractivity contribution >= 4 is 5.69 Å².